The van der Waals surface area contributed by atoms with Crippen molar-refractivity contribution in [1.29, 1.82) is 0 Å². The molecule has 0 aliphatic heterocycles. The van der Waals surface area contributed by atoms with Gasteiger partial charge in [-0.25, -0.2) is 0 Å². The van der Waals surface area contributed by atoms with Gasteiger partial charge in [0.05, 0.1) is 6.61 Å². The Kier molecular flexibility index (Phi) is 25.6. The van der Waals surface area contributed by atoms with Gasteiger partial charge in [-0.3, -0.25) is 9.59 Å². The summed E-state index contributed by atoms with van der Waals surface area (Å²) in [5.41, 5.74) is 0. The summed E-state index contributed by atoms with van der Waals surface area (Å²) in [7, 11) is 0. The molecule has 0 saturated carbocycles. The highest BCUT2D eigenvalue weighted by Gasteiger charge is 1.97. The van der Waals surface area contributed by atoms with Gasteiger partial charge in [0.1, 0.15) is 6.54 Å². The highest BCUT2D eigenvalue weighted by Crippen LogP contribution is 1.83. The predicted molar refractivity (Wildman–Crippen MR) is 70.8 cm³/mol. The van der Waals surface area contributed by atoms with E-state index in [9.17, 15) is 9.59 Å². The fourth-order valence-electron chi connectivity index (χ4n) is 0.392. The Labute approximate surface area is 105 Å². The number of hydrogen-bond donors (Lipinski definition) is 2. The van der Waals surface area contributed by atoms with Gasteiger partial charge < -0.3 is 10.1 Å². The number of thiol groups is 1. The Balaban J connectivity index is -0.000000237. The first-order chi connectivity index (χ1) is 7.54. The van der Waals surface area contributed by atoms with Crippen LogP contribution in [0, 0.1) is 0 Å². The standard InChI is InChI=1S/C6H11NO3.C3H8S.C2H6/c1-2-3-10-6(9)4-7-5-8;1-3(2)4;1-2/h5H,2-4H2,1H3,(H,7,8);3-4H,1-2H3;1-2H3. The molecule has 1 amide bonds. The van der Waals surface area contributed by atoms with Crippen LogP contribution in [0.5, 0.6) is 0 Å². The number of nitrogens with one attached hydrogen (secondary N) is 1. The Morgan fingerprint density at radius 2 is 1.88 bits per heavy atom. The van der Waals surface area contributed by atoms with Crippen LogP contribution in [0.1, 0.15) is 41.0 Å². The monoisotopic (exact) mass is 251 g/mol. The molecular weight excluding hydrogens is 226 g/mol. The van der Waals surface area contributed by atoms with Crippen molar-refractivity contribution in [3.63, 3.8) is 0 Å². The van der Waals surface area contributed by atoms with Gasteiger partial charge in [-0.15, -0.1) is 0 Å². The molecule has 4 nitrogen and oxygen atoms in total. The predicted octanol–water partition coefficient (Wildman–Crippen LogP) is 2.04. The molecule has 0 unspecified atom stereocenters. The molecule has 0 fully saturated rings. The number of rotatable bonds is 5. The molecule has 0 saturated heterocycles. The van der Waals surface area contributed by atoms with Crippen LogP contribution in [0.3, 0.4) is 0 Å². The quantitative estimate of drug-likeness (QED) is 0.446. The maximum atomic E-state index is 10.5. The van der Waals surface area contributed by atoms with Crippen molar-refractivity contribution in [2.45, 2.75) is 46.3 Å². The van der Waals surface area contributed by atoms with Crippen molar-refractivity contribution >= 4 is 25.0 Å². The third-order valence-corrected chi connectivity index (χ3v) is 0.797. The fraction of sp³-hybridized carbons (Fsp3) is 0.818. The minimum atomic E-state index is -0.394. The zero-order valence-electron chi connectivity index (χ0n) is 10.9. The summed E-state index contributed by atoms with van der Waals surface area (Å²) in [6, 6.07) is 0. The lowest BCUT2D eigenvalue weighted by Gasteiger charge is -2.00. The summed E-state index contributed by atoms with van der Waals surface area (Å²) in [5.74, 6) is -0.394. The van der Waals surface area contributed by atoms with Crippen LogP contribution < -0.4 is 5.32 Å². The summed E-state index contributed by atoms with van der Waals surface area (Å²) in [6.07, 6.45) is 1.26. The van der Waals surface area contributed by atoms with Gasteiger partial charge in [0, 0.05) is 0 Å². The van der Waals surface area contributed by atoms with E-state index in [1.165, 1.54) is 0 Å². The second kappa shape index (κ2) is 19.8. The molecule has 98 valence electrons. The van der Waals surface area contributed by atoms with Crippen LogP contribution in [0.25, 0.3) is 0 Å². The average molecular weight is 251 g/mol. The Hall–Kier alpha value is -0.710. The van der Waals surface area contributed by atoms with E-state index < -0.39 is 5.97 Å². The smallest absolute Gasteiger partial charge is 0.325 e. The van der Waals surface area contributed by atoms with E-state index in [4.69, 9.17) is 0 Å². The van der Waals surface area contributed by atoms with E-state index >= 15 is 0 Å². The van der Waals surface area contributed by atoms with E-state index in [-0.39, 0.29) is 6.54 Å². The van der Waals surface area contributed by atoms with Gasteiger partial charge in [0.25, 0.3) is 0 Å². The van der Waals surface area contributed by atoms with E-state index in [1.54, 1.807) is 0 Å². The summed E-state index contributed by atoms with van der Waals surface area (Å²) in [5, 5.41) is 2.73. The Morgan fingerprint density at radius 3 is 2.19 bits per heavy atom. The van der Waals surface area contributed by atoms with E-state index in [2.05, 4.69) is 22.7 Å². The number of ether oxygens (including phenoxy) is 1. The van der Waals surface area contributed by atoms with Crippen LogP contribution in [-0.4, -0.2) is 30.8 Å². The summed E-state index contributed by atoms with van der Waals surface area (Å²) >= 11 is 3.97. The first kappa shape index (κ1) is 20.7. The molecule has 0 aliphatic rings. The molecule has 1 N–H and O–H groups in total. The maximum Gasteiger partial charge on any atom is 0.325 e. The largest absolute Gasteiger partial charge is 0.464 e. The van der Waals surface area contributed by atoms with Crippen LogP contribution in [0.4, 0.5) is 0 Å². The molecular formula is C11H25NO3S. The van der Waals surface area contributed by atoms with E-state index in [1.807, 2.05) is 34.6 Å². The van der Waals surface area contributed by atoms with E-state index in [0.29, 0.717) is 18.3 Å². The fourth-order valence-corrected chi connectivity index (χ4v) is 0.392. The summed E-state index contributed by atoms with van der Waals surface area (Å²) in [6.45, 7) is 10.3. The van der Waals surface area contributed by atoms with Gasteiger partial charge in [-0.2, -0.15) is 12.6 Å². The molecule has 0 radical (unpaired) electrons. The number of carbonyl (C=O) groups is 2. The van der Waals surface area contributed by atoms with Crippen LogP contribution >= 0.6 is 12.6 Å². The minimum absolute atomic E-state index is 0.0382. The molecule has 5 heteroatoms. The molecule has 0 aliphatic carbocycles. The molecule has 0 rings (SSSR count). The minimum Gasteiger partial charge on any atom is -0.464 e. The van der Waals surface area contributed by atoms with Gasteiger partial charge >= 0.3 is 5.97 Å². The third-order valence-electron chi connectivity index (χ3n) is 0.797. The lowest BCUT2D eigenvalue weighted by molar-refractivity contribution is -0.143. The van der Waals surface area contributed by atoms with Crippen molar-refractivity contribution < 1.29 is 14.3 Å². The molecule has 16 heavy (non-hydrogen) atoms. The van der Waals surface area contributed by atoms with Crippen molar-refractivity contribution in [3.05, 3.63) is 0 Å². The zero-order chi connectivity index (χ0) is 13.4. The number of esters is 1. The zero-order valence-corrected chi connectivity index (χ0v) is 11.8. The highest BCUT2D eigenvalue weighted by atomic mass is 32.1. The molecule has 0 bridgehead atoms. The lowest BCUT2D eigenvalue weighted by atomic mass is 10.5. The second-order valence-electron chi connectivity index (χ2n) is 2.81. The van der Waals surface area contributed by atoms with Gasteiger partial charge in [-0.05, 0) is 11.7 Å². The lowest BCUT2D eigenvalue weighted by Crippen LogP contribution is -2.23. The molecule has 0 aromatic heterocycles. The molecule has 0 atom stereocenters. The van der Waals surface area contributed by atoms with Gasteiger partial charge in [-0.1, -0.05) is 34.6 Å². The van der Waals surface area contributed by atoms with Crippen LogP contribution in [-0.2, 0) is 14.3 Å². The Bertz CT molecular complexity index is 149. The van der Waals surface area contributed by atoms with Crippen LogP contribution in [0.2, 0.25) is 0 Å². The normalized spacial score (nSPS) is 7.94. The number of hydrogen-bond acceptors (Lipinski definition) is 4. The van der Waals surface area contributed by atoms with Crippen LogP contribution in [0.15, 0.2) is 0 Å². The first-order valence-corrected chi connectivity index (χ1v) is 6.06. The maximum absolute atomic E-state index is 10.5. The summed E-state index contributed by atoms with van der Waals surface area (Å²) < 4.78 is 4.63. The molecule has 0 aromatic rings. The second-order valence-corrected chi connectivity index (χ2v) is 3.85. The summed E-state index contributed by atoms with van der Waals surface area (Å²) in [4.78, 5) is 20.2. The van der Waals surface area contributed by atoms with Crippen molar-refractivity contribution in [3.8, 4) is 0 Å². The van der Waals surface area contributed by atoms with E-state index in [0.717, 1.165) is 6.42 Å². The molecule has 0 heterocycles. The van der Waals surface area contributed by atoms with Crippen molar-refractivity contribution in [1.82, 2.24) is 5.32 Å². The van der Waals surface area contributed by atoms with Gasteiger partial charge in [0.15, 0.2) is 0 Å². The number of carbonyl (C=O) groups excluding carboxylic acids is 2. The van der Waals surface area contributed by atoms with Crippen molar-refractivity contribution in [2.24, 2.45) is 0 Å². The third kappa shape index (κ3) is 37.8. The van der Waals surface area contributed by atoms with Crippen molar-refractivity contribution in [2.75, 3.05) is 13.2 Å². The molecule has 0 aromatic carbocycles. The topological polar surface area (TPSA) is 55.4 Å². The Morgan fingerprint density at radius 1 is 1.44 bits per heavy atom. The highest BCUT2D eigenvalue weighted by molar-refractivity contribution is 7.80. The molecule has 0 spiro atoms. The first-order valence-electron chi connectivity index (χ1n) is 5.55. The average Bonchev–Trinajstić information content (AvgIpc) is 2.25. The number of amides is 1. The van der Waals surface area contributed by atoms with Gasteiger partial charge in [0.2, 0.25) is 6.41 Å². The SMILES string of the molecule is CC.CC(C)S.CCCOC(=O)CNC=O.